The maximum atomic E-state index is 13.6. The lowest BCUT2D eigenvalue weighted by atomic mass is 10.1. The molecule has 36 heavy (non-hydrogen) atoms. The summed E-state index contributed by atoms with van der Waals surface area (Å²) in [6.07, 6.45) is 3.19. The molecule has 1 aromatic carbocycles. The van der Waals surface area contributed by atoms with Crippen molar-refractivity contribution < 1.29 is 23.5 Å². The van der Waals surface area contributed by atoms with Gasteiger partial charge in [-0.15, -0.1) is 0 Å². The van der Waals surface area contributed by atoms with Crippen molar-refractivity contribution in [2.24, 2.45) is 7.05 Å². The number of nitrogens with one attached hydrogen (secondary N) is 2. The Kier molecular flexibility index (Phi) is 7.16. The third kappa shape index (κ3) is 4.85. The molecule has 0 spiro atoms. The van der Waals surface area contributed by atoms with Crippen LogP contribution in [-0.4, -0.2) is 53.5 Å². The number of hydrogen-bond donors (Lipinski definition) is 2. The minimum atomic E-state index is -0.819. The Morgan fingerprint density at radius 3 is 2.47 bits per heavy atom. The quantitative estimate of drug-likeness (QED) is 0.403. The Labute approximate surface area is 208 Å². The van der Waals surface area contributed by atoms with Crippen LogP contribution in [-0.2, 0) is 16.6 Å². The zero-order valence-corrected chi connectivity index (χ0v) is 20.6. The number of nitrogens with zero attached hydrogens (tertiary/aromatic N) is 3. The number of amides is 2. The summed E-state index contributed by atoms with van der Waals surface area (Å²) in [7, 11) is 1.63. The van der Waals surface area contributed by atoms with E-state index in [-0.39, 0.29) is 17.1 Å². The van der Waals surface area contributed by atoms with E-state index in [9.17, 15) is 18.8 Å². The molecular weight excluding hydrogens is 465 g/mol. The van der Waals surface area contributed by atoms with E-state index in [1.165, 1.54) is 22.8 Å². The smallest absolute Gasteiger partial charge is 0.298 e. The van der Waals surface area contributed by atoms with Gasteiger partial charge < -0.3 is 24.8 Å². The number of ketones is 1. The van der Waals surface area contributed by atoms with Crippen LogP contribution in [0.5, 0.6) is 0 Å². The maximum absolute atomic E-state index is 13.6. The van der Waals surface area contributed by atoms with E-state index < -0.39 is 17.6 Å². The highest BCUT2D eigenvalue weighted by molar-refractivity contribution is 6.47. The van der Waals surface area contributed by atoms with Gasteiger partial charge in [-0.3, -0.25) is 19.4 Å². The molecule has 0 radical (unpaired) electrons. The number of carbonyl (C=O) groups is 3. The Balaban J connectivity index is 1.57. The molecule has 2 amide bonds. The van der Waals surface area contributed by atoms with Gasteiger partial charge in [-0.25, -0.2) is 4.39 Å². The number of ether oxygens (including phenoxy) is 1. The van der Waals surface area contributed by atoms with Gasteiger partial charge in [-0.1, -0.05) is 0 Å². The Morgan fingerprint density at radius 1 is 1.06 bits per heavy atom. The van der Waals surface area contributed by atoms with E-state index in [4.69, 9.17) is 4.74 Å². The number of benzene rings is 1. The standard InChI is InChI=1S/C26H28FN5O4/c1-15-13-18(5-6-19(15)27)29-25(34)22-16(2)23(31(4)17(22)3)24(33)26(35)30-20-7-8-28-14-21(20)32-9-11-36-12-10-32/h5-8,13-14H,9-12H2,1-4H3,(H,29,34)(H,28,30,35). The molecule has 0 saturated carbocycles. The number of Topliss-reactive ketones (excluding diaryl/α,β-unsaturated/α-hetero) is 1. The van der Waals surface area contributed by atoms with Crippen molar-refractivity contribution in [1.29, 1.82) is 0 Å². The molecule has 3 heterocycles. The molecule has 0 aliphatic carbocycles. The van der Waals surface area contributed by atoms with Crippen LogP contribution in [0, 0.1) is 26.6 Å². The normalized spacial score (nSPS) is 13.4. The van der Waals surface area contributed by atoms with Gasteiger partial charge in [0.05, 0.1) is 42.0 Å². The predicted octanol–water partition coefficient (Wildman–Crippen LogP) is 3.39. The summed E-state index contributed by atoms with van der Waals surface area (Å²) in [5.41, 5.74) is 3.32. The van der Waals surface area contributed by atoms with Gasteiger partial charge in [0, 0.05) is 37.7 Å². The van der Waals surface area contributed by atoms with E-state index in [1.54, 1.807) is 46.3 Å². The summed E-state index contributed by atoms with van der Waals surface area (Å²) in [5.74, 6) is -2.40. The van der Waals surface area contributed by atoms with Gasteiger partial charge in [0.1, 0.15) is 5.82 Å². The minimum absolute atomic E-state index is 0.118. The number of halogens is 1. The van der Waals surface area contributed by atoms with Crippen molar-refractivity contribution in [2.75, 3.05) is 41.8 Å². The van der Waals surface area contributed by atoms with Gasteiger partial charge in [0.2, 0.25) is 0 Å². The third-order valence-electron chi connectivity index (χ3n) is 6.39. The summed E-state index contributed by atoms with van der Waals surface area (Å²) in [6.45, 7) is 7.34. The molecule has 10 heteroatoms. The second kappa shape index (κ2) is 10.3. The first-order valence-corrected chi connectivity index (χ1v) is 11.5. The molecule has 188 valence electrons. The largest absolute Gasteiger partial charge is 0.378 e. The summed E-state index contributed by atoms with van der Waals surface area (Å²) in [6, 6.07) is 5.91. The first-order valence-electron chi connectivity index (χ1n) is 11.5. The molecule has 1 aliphatic rings. The van der Waals surface area contributed by atoms with Crippen molar-refractivity contribution in [3.63, 3.8) is 0 Å². The molecule has 2 aromatic heterocycles. The van der Waals surface area contributed by atoms with Crippen molar-refractivity contribution in [3.05, 3.63) is 70.6 Å². The molecule has 0 atom stereocenters. The molecular formula is C26H28FN5O4. The van der Waals surface area contributed by atoms with E-state index in [0.717, 1.165) is 0 Å². The molecule has 0 unspecified atom stereocenters. The average molecular weight is 494 g/mol. The summed E-state index contributed by atoms with van der Waals surface area (Å²) in [4.78, 5) is 45.5. The number of anilines is 3. The highest BCUT2D eigenvalue weighted by Gasteiger charge is 2.29. The molecule has 1 fully saturated rings. The highest BCUT2D eigenvalue weighted by atomic mass is 19.1. The first kappa shape index (κ1) is 25.1. The number of hydrogen-bond acceptors (Lipinski definition) is 6. The molecule has 2 N–H and O–H groups in total. The second-order valence-electron chi connectivity index (χ2n) is 8.69. The van der Waals surface area contributed by atoms with Crippen molar-refractivity contribution in [1.82, 2.24) is 9.55 Å². The lowest BCUT2D eigenvalue weighted by Gasteiger charge is -2.30. The summed E-state index contributed by atoms with van der Waals surface area (Å²) in [5, 5.41) is 5.46. The number of morpholine rings is 1. The van der Waals surface area contributed by atoms with Crippen LogP contribution in [0.1, 0.15) is 37.7 Å². The van der Waals surface area contributed by atoms with Crippen LogP contribution < -0.4 is 15.5 Å². The zero-order chi connectivity index (χ0) is 26.0. The summed E-state index contributed by atoms with van der Waals surface area (Å²) < 4.78 is 20.5. The van der Waals surface area contributed by atoms with Crippen LogP contribution in [0.4, 0.5) is 21.5 Å². The topological polar surface area (TPSA) is 106 Å². The van der Waals surface area contributed by atoms with Crippen molar-refractivity contribution in [3.8, 4) is 0 Å². The van der Waals surface area contributed by atoms with E-state index >= 15 is 0 Å². The van der Waals surface area contributed by atoms with Gasteiger partial charge in [0.25, 0.3) is 17.6 Å². The van der Waals surface area contributed by atoms with Crippen LogP contribution in [0.25, 0.3) is 0 Å². The first-order chi connectivity index (χ1) is 17.2. The molecule has 9 nitrogen and oxygen atoms in total. The highest BCUT2D eigenvalue weighted by Crippen LogP contribution is 2.27. The summed E-state index contributed by atoms with van der Waals surface area (Å²) >= 11 is 0. The van der Waals surface area contributed by atoms with Crippen molar-refractivity contribution in [2.45, 2.75) is 20.8 Å². The fourth-order valence-electron chi connectivity index (χ4n) is 4.38. The molecule has 1 saturated heterocycles. The number of pyridine rings is 1. The van der Waals surface area contributed by atoms with Crippen LogP contribution in [0.15, 0.2) is 36.7 Å². The Morgan fingerprint density at radius 2 is 1.78 bits per heavy atom. The van der Waals surface area contributed by atoms with Crippen LogP contribution >= 0.6 is 0 Å². The number of carbonyl (C=O) groups excluding carboxylic acids is 3. The van der Waals surface area contributed by atoms with Crippen LogP contribution in [0.2, 0.25) is 0 Å². The van der Waals surface area contributed by atoms with Crippen molar-refractivity contribution >= 4 is 34.7 Å². The SMILES string of the molecule is Cc1cc(NC(=O)c2c(C)c(C(=O)C(=O)Nc3ccncc3N3CCOCC3)n(C)c2C)ccc1F. The second-order valence-corrected chi connectivity index (χ2v) is 8.69. The number of aromatic nitrogens is 2. The monoisotopic (exact) mass is 493 g/mol. The predicted molar refractivity (Wildman–Crippen MR) is 134 cm³/mol. The van der Waals surface area contributed by atoms with Gasteiger partial charge in [-0.2, -0.15) is 0 Å². The zero-order valence-electron chi connectivity index (χ0n) is 20.6. The molecule has 4 rings (SSSR count). The molecule has 3 aromatic rings. The molecule has 1 aliphatic heterocycles. The fraction of sp³-hybridized carbons (Fsp3) is 0.308. The lowest BCUT2D eigenvalue weighted by molar-refractivity contribution is -0.112. The Bertz CT molecular complexity index is 1340. The number of rotatable bonds is 6. The van der Waals surface area contributed by atoms with E-state index in [1.807, 2.05) is 4.90 Å². The van der Waals surface area contributed by atoms with Crippen LogP contribution in [0.3, 0.4) is 0 Å². The minimum Gasteiger partial charge on any atom is -0.378 e. The lowest BCUT2D eigenvalue weighted by Crippen LogP contribution is -2.37. The van der Waals surface area contributed by atoms with Gasteiger partial charge >= 0.3 is 0 Å². The maximum Gasteiger partial charge on any atom is 0.298 e. The molecule has 0 bridgehead atoms. The third-order valence-corrected chi connectivity index (χ3v) is 6.39. The van der Waals surface area contributed by atoms with Gasteiger partial charge in [-0.05, 0) is 56.2 Å². The number of aryl methyl sites for hydroxylation is 1. The Hall–Kier alpha value is -4.05. The average Bonchev–Trinajstić information content (AvgIpc) is 3.09. The van der Waals surface area contributed by atoms with Gasteiger partial charge in [0.15, 0.2) is 0 Å². The van der Waals surface area contributed by atoms with E-state index in [0.29, 0.717) is 60.2 Å². The van der Waals surface area contributed by atoms with E-state index in [2.05, 4.69) is 15.6 Å². The fourth-order valence-corrected chi connectivity index (χ4v) is 4.38.